The highest BCUT2D eigenvalue weighted by atomic mass is 32.2. The summed E-state index contributed by atoms with van der Waals surface area (Å²) in [4.78, 5) is 2.49. The summed E-state index contributed by atoms with van der Waals surface area (Å²) in [6.45, 7) is 6.38. The molecule has 1 aromatic rings. The van der Waals surface area contributed by atoms with E-state index in [-0.39, 0.29) is 5.41 Å². The Labute approximate surface area is 130 Å². The van der Waals surface area contributed by atoms with Crippen LogP contribution < -0.4 is 5.32 Å². The van der Waals surface area contributed by atoms with Gasteiger partial charge in [-0.25, -0.2) is 0 Å². The van der Waals surface area contributed by atoms with Crippen molar-refractivity contribution in [2.45, 2.75) is 31.2 Å². The average molecular weight is 306 g/mol. The Hall–Kier alpha value is -0.710. The van der Waals surface area contributed by atoms with E-state index in [4.69, 9.17) is 0 Å². The molecular formula is C17H26N2OS. The third-order valence-electron chi connectivity index (χ3n) is 4.67. The Morgan fingerprint density at radius 1 is 1.24 bits per heavy atom. The van der Waals surface area contributed by atoms with Crippen molar-refractivity contribution < 1.29 is 4.21 Å². The van der Waals surface area contributed by atoms with Crippen LogP contribution in [0, 0.1) is 0 Å². The van der Waals surface area contributed by atoms with Gasteiger partial charge in [0.15, 0.2) is 0 Å². The van der Waals surface area contributed by atoms with Gasteiger partial charge in [0.05, 0.1) is 0 Å². The molecule has 1 aliphatic carbocycles. The SMILES string of the molecule is CC(CNC1CC1)(CN1CCS(=O)CC1)c1ccccc1. The molecule has 3 nitrogen and oxygen atoms in total. The molecule has 1 heterocycles. The van der Waals surface area contributed by atoms with E-state index >= 15 is 0 Å². The summed E-state index contributed by atoms with van der Waals surface area (Å²) in [6, 6.07) is 11.6. The van der Waals surface area contributed by atoms with Crippen LogP contribution in [-0.2, 0) is 16.2 Å². The zero-order chi connectivity index (χ0) is 14.7. The van der Waals surface area contributed by atoms with Gasteiger partial charge in [-0.05, 0) is 18.4 Å². The van der Waals surface area contributed by atoms with Crippen LogP contribution in [0.5, 0.6) is 0 Å². The number of nitrogens with one attached hydrogen (secondary N) is 1. The van der Waals surface area contributed by atoms with E-state index in [1.165, 1.54) is 18.4 Å². The number of rotatable bonds is 6. The largest absolute Gasteiger partial charge is 0.313 e. The van der Waals surface area contributed by atoms with Crippen LogP contribution in [0.1, 0.15) is 25.3 Å². The first-order valence-corrected chi connectivity index (χ1v) is 9.51. The molecule has 0 amide bonds. The van der Waals surface area contributed by atoms with Crippen molar-refractivity contribution >= 4 is 10.8 Å². The summed E-state index contributed by atoms with van der Waals surface area (Å²) in [5, 5.41) is 3.71. The molecule has 0 radical (unpaired) electrons. The van der Waals surface area contributed by atoms with Crippen LogP contribution in [0.4, 0.5) is 0 Å². The van der Waals surface area contributed by atoms with Crippen molar-refractivity contribution in [2.24, 2.45) is 0 Å². The molecule has 2 fully saturated rings. The first-order valence-electron chi connectivity index (χ1n) is 8.02. The Balaban J connectivity index is 1.69. The lowest BCUT2D eigenvalue weighted by Gasteiger charge is -2.38. The van der Waals surface area contributed by atoms with Gasteiger partial charge in [-0.3, -0.25) is 4.21 Å². The molecule has 0 bridgehead atoms. The minimum atomic E-state index is -0.592. The van der Waals surface area contributed by atoms with E-state index in [9.17, 15) is 4.21 Å². The molecule has 1 N–H and O–H groups in total. The van der Waals surface area contributed by atoms with Gasteiger partial charge in [0.25, 0.3) is 0 Å². The third kappa shape index (κ3) is 4.15. The predicted octanol–water partition coefficient (Wildman–Crippen LogP) is 1.76. The molecule has 4 heteroatoms. The number of hydrogen-bond donors (Lipinski definition) is 1. The maximum atomic E-state index is 11.5. The molecule has 1 aliphatic heterocycles. The maximum absolute atomic E-state index is 11.5. The summed E-state index contributed by atoms with van der Waals surface area (Å²) in [5.74, 6) is 1.67. The highest BCUT2D eigenvalue weighted by Crippen LogP contribution is 2.27. The van der Waals surface area contributed by atoms with Crippen molar-refractivity contribution in [3.8, 4) is 0 Å². The second-order valence-corrected chi connectivity index (χ2v) is 8.40. The smallest absolute Gasteiger partial charge is 0.0363 e. The van der Waals surface area contributed by atoms with Crippen molar-refractivity contribution in [2.75, 3.05) is 37.7 Å². The Morgan fingerprint density at radius 3 is 2.52 bits per heavy atom. The molecular weight excluding hydrogens is 280 g/mol. The predicted molar refractivity (Wildman–Crippen MR) is 89.1 cm³/mol. The highest BCUT2D eigenvalue weighted by Gasteiger charge is 2.32. The molecule has 116 valence electrons. The normalized spacial score (nSPS) is 23.9. The molecule has 1 unspecified atom stereocenters. The molecule has 1 aromatic carbocycles. The van der Waals surface area contributed by atoms with Crippen LogP contribution in [0.15, 0.2) is 30.3 Å². The molecule has 1 saturated heterocycles. The highest BCUT2D eigenvalue weighted by molar-refractivity contribution is 7.85. The van der Waals surface area contributed by atoms with Gasteiger partial charge < -0.3 is 10.2 Å². The zero-order valence-electron chi connectivity index (χ0n) is 12.9. The van der Waals surface area contributed by atoms with E-state index < -0.39 is 10.8 Å². The lowest BCUT2D eigenvalue weighted by molar-refractivity contribution is 0.226. The minimum Gasteiger partial charge on any atom is -0.313 e. The summed E-state index contributed by atoms with van der Waals surface area (Å²) in [7, 11) is -0.592. The first-order chi connectivity index (χ1) is 10.2. The lowest BCUT2D eigenvalue weighted by atomic mass is 9.81. The average Bonchev–Trinajstić information content (AvgIpc) is 3.33. The van der Waals surface area contributed by atoms with E-state index in [1.54, 1.807) is 0 Å². The number of nitrogens with zero attached hydrogens (tertiary/aromatic N) is 1. The van der Waals surface area contributed by atoms with Gasteiger partial charge in [-0.15, -0.1) is 0 Å². The monoisotopic (exact) mass is 306 g/mol. The van der Waals surface area contributed by atoms with Crippen LogP contribution in [-0.4, -0.2) is 52.8 Å². The van der Waals surface area contributed by atoms with Gasteiger partial charge in [-0.2, -0.15) is 0 Å². The summed E-state index contributed by atoms with van der Waals surface area (Å²) in [5.41, 5.74) is 1.53. The standard InChI is InChI=1S/C17H26N2OS/c1-17(13-18-16-7-8-16,15-5-3-2-4-6-15)14-19-9-11-21(20)12-10-19/h2-6,16,18H,7-14H2,1H3. The van der Waals surface area contributed by atoms with Crippen LogP contribution in [0.2, 0.25) is 0 Å². The van der Waals surface area contributed by atoms with Crippen LogP contribution in [0.25, 0.3) is 0 Å². The fraction of sp³-hybridized carbons (Fsp3) is 0.647. The summed E-state index contributed by atoms with van der Waals surface area (Å²) >= 11 is 0. The Morgan fingerprint density at radius 2 is 1.90 bits per heavy atom. The van der Waals surface area contributed by atoms with Crippen molar-refractivity contribution in [3.05, 3.63) is 35.9 Å². The first kappa shape index (κ1) is 15.2. The van der Waals surface area contributed by atoms with Crippen LogP contribution in [0.3, 0.4) is 0 Å². The molecule has 3 rings (SSSR count). The van der Waals surface area contributed by atoms with Crippen molar-refractivity contribution in [3.63, 3.8) is 0 Å². The van der Waals surface area contributed by atoms with Gasteiger partial charge in [0, 0.05) is 59.9 Å². The van der Waals surface area contributed by atoms with Crippen LogP contribution >= 0.6 is 0 Å². The van der Waals surface area contributed by atoms with Gasteiger partial charge in [-0.1, -0.05) is 37.3 Å². The second-order valence-electron chi connectivity index (χ2n) is 6.71. The maximum Gasteiger partial charge on any atom is 0.0363 e. The van der Waals surface area contributed by atoms with Crippen molar-refractivity contribution in [1.29, 1.82) is 0 Å². The summed E-state index contributed by atoms with van der Waals surface area (Å²) in [6.07, 6.45) is 2.65. The fourth-order valence-corrected chi connectivity index (χ4v) is 4.20. The molecule has 1 saturated carbocycles. The van der Waals surface area contributed by atoms with E-state index in [0.717, 1.165) is 43.7 Å². The zero-order valence-corrected chi connectivity index (χ0v) is 13.7. The molecule has 0 aromatic heterocycles. The molecule has 0 spiro atoms. The topological polar surface area (TPSA) is 32.3 Å². The van der Waals surface area contributed by atoms with E-state index in [2.05, 4.69) is 47.5 Å². The molecule has 1 atom stereocenters. The molecule has 21 heavy (non-hydrogen) atoms. The van der Waals surface area contributed by atoms with E-state index in [1.807, 2.05) is 0 Å². The van der Waals surface area contributed by atoms with Gasteiger partial charge in [0.1, 0.15) is 0 Å². The lowest BCUT2D eigenvalue weighted by Crippen LogP contribution is -2.49. The summed E-state index contributed by atoms with van der Waals surface area (Å²) < 4.78 is 11.5. The Bertz CT molecular complexity index is 479. The van der Waals surface area contributed by atoms with Gasteiger partial charge >= 0.3 is 0 Å². The fourth-order valence-electron chi connectivity index (χ4n) is 3.07. The number of benzene rings is 1. The minimum absolute atomic E-state index is 0.128. The second kappa shape index (κ2) is 6.59. The number of hydrogen-bond acceptors (Lipinski definition) is 3. The molecule has 2 aliphatic rings. The Kier molecular flexibility index (Phi) is 4.77. The van der Waals surface area contributed by atoms with Gasteiger partial charge in [0.2, 0.25) is 0 Å². The quantitative estimate of drug-likeness (QED) is 0.869. The third-order valence-corrected chi connectivity index (χ3v) is 5.95. The van der Waals surface area contributed by atoms with E-state index in [0.29, 0.717) is 0 Å². The van der Waals surface area contributed by atoms with Crippen molar-refractivity contribution in [1.82, 2.24) is 10.2 Å².